The molecule has 0 aromatic carbocycles. The van der Waals surface area contributed by atoms with Crippen LogP contribution < -0.4 is 0 Å². The van der Waals surface area contributed by atoms with Gasteiger partial charge in [0.05, 0.1) is 16.9 Å². The molecule has 1 saturated carbocycles. The van der Waals surface area contributed by atoms with Crippen LogP contribution >= 0.6 is 0 Å². The highest BCUT2D eigenvalue weighted by Gasteiger charge is 2.51. The van der Waals surface area contributed by atoms with Gasteiger partial charge in [0.2, 0.25) is 0 Å². The Labute approximate surface area is 142 Å². The molecular weight excluding hydrogens is 282 g/mol. The van der Waals surface area contributed by atoms with E-state index in [2.05, 4.69) is 56.5 Å². The van der Waals surface area contributed by atoms with E-state index in [1.807, 2.05) is 0 Å². The number of nitrogens with zero attached hydrogens (tertiary/aromatic N) is 3. The Bertz CT molecular complexity index is 555. The summed E-state index contributed by atoms with van der Waals surface area (Å²) < 4.78 is 2.23. The fourth-order valence-electron chi connectivity index (χ4n) is 4.49. The van der Waals surface area contributed by atoms with Crippen LogP contribution in [-0.4, -0.2) is 15.0 Å². The van der Waals surface area contributed by atoms with E-state index in [1.165, 1.54) is 43.5 Å². The quantitative estimate of drug-likeness (QED) is 0.766. The minimum atomic E-state index is 0.0896. The summed E-state index contributed by atoms with van der Waals surface area (Å²) in [6.45, 7) is 14.0. The van der Waals surface area contributed by atoms with Gasteiger partial charge in [-0.15, -0.1) is 5.10 Å². The number of aryl methyl sites for hydroxylation is 1. The van der Waals surface area contributed by atoms with Crippen molar-refractivity contribution in [3.05, 3.63) is 11.4 Å². The van der Waals surface area contributed by atoms with Gasteiger partial charge >= 0.3 is 0 Å². The third-order valence-corrected chi connectivity index (χ3v) is 6.97. The van der Waals surface area contributed by atoms with Crippen molar-refractivity contribution in [3.8, 4) is 0 Å². The smallest absolute Gasteiger partial charge is 0.0859 e. The lowest BCUT2D eigenvalue weighted by Crippen LogP contribution is -2.29. The Morgan fingerprint density at radius 2 is 1.65 bits per heavy atom. The van der Waals surface area contributed by atoms with E-state index >= 15 is 0 Å². The normalized spacial score (nSPS) is 27.8. The molecule has 0 radical (unpaired) electrons. The summed E-state index contributed by atoms with van der Waals surface area (Å²) in [5, 5.41) is 9.08. The van der Waals surface area contributed by atoms with Gasteiger partial charge in [0.15, 0.2) is 0 Å². The van der Waals surface area contributed by atoms with Crippen molar-refractivity contribution in [1.82, 2.24) is 15.0 Å². The Hall–Kier alpha value is -0.860. The van der Waals surface area contributed by atoms with Crippen LogP contribution in [0.2, 0.25) is 0 Å². The molecule has 0 bridgehead atoms. The van der Waals surface area contributed by atoms with E-state index in [4.69, 9.17) is 0 Å². The lowest BCUT2D eigenvalue weighted by atomic mass is 9.83. The predicted octanol–water partition coefficient (Wildman–Crippen LogP) is 4.99. The summed E-state index contributed by atoms with van der Waals surface area (Å²) in [6, 6.07) is 0. The van der Waals surface area contributed by atoms with Crippen molar-refractivity contribution in [1.29, 1.82) is 0 Å². The average Bonchev–Trinajstić information content (AvgIpc) is 2.92. The van der Waals surface area contributed by atoms with E-state index in [0.29, 0.717) is 5.41 Å². The molecule has 0 aliphatic heterocycles. The molecule has 3 rings (SSSR count). The van der Waals surface area contributed by atoms with Crippen LogP contribution in [0.3, 0.4) is 0 Å². The molecule has 2 aliphatic rings. The van der Waals surface area contributed by atoms with Crippen molar-refractivity contribution in [2.45, 2.75) is 92.0 Å². The first-order valence-electron chi connectivity index (χ1n) is 9.73. The molecule has 3 heteroatoms. The molecule has 1 aromatic rings. The minimum absolute atomic E-state index is 0.0896. The van der Waals surface area contributed by atoms with Gasteiger partial charge < -0.3 is 0 Å². The fourth-order valence-corrected chi connectivity index (χ4v) is 4.49. The Kier molecular flexibility index (Phi) is 4.35. The second kappa shape index (κ2) is 5.89. The third kappa shape index (κ3) is 3.21. The zero-order valence-electron chi connectivity index (χ0n) is 16.0. The topological polar surface area (TPSA) is 30.7 Å². The van der Waals surface area contributed by atoms with Crippen LogP contribution in [0.4, 0.5) is 0 Å². The minimum Gasteiger partial charge on any atom is -0.244 e. The summed E-state index contributed by atoms with van der Waals surface area (Å²) in [4.78, 5) is 0. The van der Waals surface area contributed by atoms with E-state index in [0.717, 1.165) is 30.6 Å². The van der Waals surface area contributed by atoms with Crippen LogP contribution in [0.25, 0.3) is 0 Å². The lowest BCUT2D eigenvalue weighted by Gasteiger charge is -2.25. The number of hydrogen-bond acceptors (Lipinski definition) is 2. The maximum Gasteiger partial charge on any atom is 0.0859 e. The van der Waals surface area contributed by atoms with Gasteiger partial charge in [-0.3, -0.25) is 0 Å². The summed E-state index contributed by atoms with van der Waals surface area (Å²) in [6.07, 6.45) is 8.79. The van der Waals surface area contributed by atoms with Crippen LogP contribution in [0.1, 0.15) is 85.0 Å². The first-order chi connectivity index (χ1) is 10.8. The molecule has 0 spiro atoms. The molecule has 130 valence electrons. The predicted molar refractivity (Wildman–Crippen MR) is 95.4 cm³/mol. The van der Waals surface area contributed by atoms with E-state index in [1.54, 1.807) is 0 Å². The van der Waals surface area contributed by atoms with Gasteiger partial charge in [0.1, 0.15) is 0 Å². The van der Waals surface area contributed by atoms with Crippen LogP contribution in [-0.2, 0) is 18.4 Å². The Morgan fingerprint density at radius 3 is 2.26 bits per heavy atom. The van der Waals surface area contributed by atoms with E-state index in [9.17, 15) is 0 Å². The number of hydrogen-bond donors (Lipinski definition) is 0. The van der Waals surface area contributed by atoms with Gasteiger partial charge in [0, 0.05) is 0 Å². The standard InChI is InChI=1S/C20H35N3/c1-7-19(3,4)13-16-14-9-11-17-18(12-10-15(14)16)23(22-21-17)20(5,6)8-2/h14-16H,7-13H2,1-6H3/t14-,15+,16+/m0/s1. The molecular formula is C20H35N3. The highest BCUT2D eigenvalue weighted by Crippen LogP contribution is 2.57. The number of aromatic nitrogens is 3. The molecule has 0 N–H and O–H groups in total. The summed E-state index contributed by atoms with van der Waals surface area (Å²) in [7, 11) is 0. The lowest BCUT2D eigenvalue weighted by molar-refractivity contribution is 0.285. The van der Waals surface area contributed by atoms with Gasteiger partial charge in [-0.2, -0.15) is 0 Å². The molecule has 1 heterocycles. The van der Waals surface area contributed by atoms with E-state index < -0.39 is 0 Å². The largest absolute Gasteiger partial charge is 0.244 e. The Morgan fingerprint density at radius 1 is 1.00 bits per heavy atom. The van der Waals surface area contributed by atoms with Crippen molar-refractivity contribution in [3.63, 3.8) is 0 Å². The van der Waals surface area contributed by atoms with Crippen molar-refractivity contribution < 1.29 is 0 Å². The second-order valence-corrected chi connectivity index (χ2v) is 9.35. The van der Waals surface area contributed by atoms with Gasteiger partial charge in [-0.05, 0) is 75.5 Å². The molecule has 1 aromatic heterocycles. The van der Waals surface area contributed by atoms with Crippen molar-refractivity contribution >= 4 is 0 Å². The summed E-state index contributed by atoms with van der Waals surface area (Å²) in [5.74, 6) is 2.88. The first kappa shape index (κ1) is 17.0. The zero-order valence-corrected chi connectivity index (χ0v) is 16.0. The third-order valence-electron chi connectivity index (χ3n) is 6.97. The van der Waals surface area contributed by atoms with Crippen LogP contribution in [0.5, 0.6) is 0 Å². The van der Waals surface area contributed by atoms with Crippen LogP contribution in [0, 0.1) is 23.2 Å². The first-order valence-corrected chi connectivity index (χ1v) is 9.73. The van der Waals surface area contributed by atoms with Crippen molar-refractivity contribution in [2.75, 3.05) is 0 Å². The maximum absolute atomic E-state index is 4.55. The highest BCUT2D eigenvalue weighted by molar-refractivity contribution is 5.16. The molecule has 1 fully saturated rings. The SMILES string of the molecule is CCC(C)(C)C[C@H]1[C@@H]2CCc3c(nnn3C(C)(C)CC)CC[C@@H]21. The molecule has 0 saturated heterocycles. The second-order valence-electron chi connectivity index (χ2n) is 9.35. The maximum atomic E-state index is 4.55. The monoisotopic (exact) mass is 317 g/mol. The van der Waals surface area contributed by atoms with Gasteiger partial charge in [-0.25, -0.2) is 4.68 Å². The molecule has 0 amide bonds. The molecule has 2 aliphatic carbocycles. The molecule has 3 nitrogen and oxygen atoms in total. The number of rotatable bonds is 5. The fraction of sp³-hybridized carbons (Fsp3) is 0.900. The van der Waals surface area contributed by atoms with Gasteiger partial charge in [-0.1, -0.05) is 39.3 Å². The molecule has 3 atom stereocenters. The highest BCUT2D eigenvalue weighted by atomic mass is 15.5. The van der Waals surface area contributed by atoms with Gasteiger partial charge in [0.25, 0.3) is 0 Å². The van der Waals surface area contributed by atoms with E-state index in [-0.39, 0.29) is 5.54 Å². The number of fused-ring (bicyclic) bond motifs is 2. The molecule has 23 heavy (non-hydrogen) atoms. The van der Waals surface area contributed by atoms with Crippen LogP contribution in [0.15, 0.2) is 0 Å². The Balaban J connectivity index is 1.72. The zero-order chi connectivity index (χ0) is 16.8. The van der Waals surface area contributed by atoms with Crippen molar-refractivity contribution in [2.24, 2.45) is 23.2 Å². The average molecular weight is 318 g/mol. The summed E-state index contributed by atoms with van der Waals surface area (Å²) in [5.41, 5.74) is 3.31. The molecule has 0 unspecified atom stereocenters. The summed E-state index contributed by atoms with van der Waals surface area (Å²) >= 11 is 0.